The number of hydrogen-bond acceptors (Lipinski definition) is 1. The summed E-state index contributed by atoms with van der Waals surface area (Å²) in [6, 6.07) is 16.9. The molecule has 2 aromatic rings. The molecule has 0 saturated heterocycles. The van der Waals surface area contributed by atoms with Gasteiger partial charge in [0.15, 0.2) is 5.78 Å². The van der Waals surface area contributed by atoms with Gasteiger partial charge in [-0.3, -0.25) is 4.79 Å². The van der Waals surface area contributed by atoms with Gasteiger partial charge in [-0.05, 0) is 41.3 Å². The van der Waals surface area contributed by atoms with Crippen LogP contribution in [0.15, 0.2) is 60.2 Å². The molecular formula is C20H21FOSi. The summed E-state index contributed by atoms with van der Waals surface area (Å²) in [6.07, 6.45) is 3.53. The summed E-state index contributed by atoms with van der Waals surface area (Å²) in [5.74, 6) is -0.00345. The zero-order chi connectivity index (χ0) is 16.4. The molecule has 0 aromatic heterocycles. The van der Waals surface area contributed by atoms with Gasteiger partial charge in [-0.25, -0.2) is 4.39 Å². The van der Waals surface area contributed by atoms with Crippen molar-refractivity contribution in [2.45, 2.75) is 31.5 Å². The summed E-state index contributed by atoms with van der Waals surface area (Å²) in [5, 5.41) is 1.38. The van der Waals surface area contributed by atoms with E-state index in [4.69, 9.17) is 0 Å². The highest BCUT2D eigenvalue weighted by molar-refractivity contribution is 6.92. The van der Waals surface area contributed by atoms with Crippen molar-refractivity contribution in [2.24, 2.45) is 0 Å². The van der Waals surface area contributed by atoms with Crippen molar-refractivity contribution in [3.63, 3.8) is 0 Å². The number of ketones is 1. The lowest BCUT2D eigenvalue weighted by atomic mass is 10.1. The second-order valence-corrected chi connectivity index (χ2v) is 11.5. The van der Waals surface area contributed by atoms with Gasteiger partial charge in [0.25, 0.3) is 0 Å². The number of halogens is 1. The highest BCUT2D eigenvalue weighted by Crippen LogP contribution is 2.41. The standard InChI is InChI=1S/C20H21FOSi/c1-23(2,17-6-4-3-5-7-17)20-13-12-19(22)18(20)14-15-8-10-16(21)11-9-15/h3-11,14,20H,12-13H2,1-2H3. The van der Waals surface area contributed by atoms with Crippen molar-refractivity contribution in [3.05, 3.63) is 71.6 Å². The Morgan fingerprint density at radius 1 is 1.04 bits per heavy atom. The highest BCUT2D eigenvalue weighted by Gasteiger charge is 2.41. The summed E-state index contributed by atoms with van der Waals surface area (Å²) in [5.41, 5.74) is 2.15. The number of allylic oxidation sites excluding steroid dienone is 1. The van der Waals surface area contributed by atoms with Crippen LogP contribution in [0.3, 0.4) is 0 Å². The van der Waals surface area contributed by atoms with E-state index in [1.165, 1.54) is 17.3 Å². The maximum Gasteiger partial charge on any atom is 0.158 e. The molecule has 1 nitrogen and oxygen atoms in total. The molecule has 0 N–H and O–H groups in total. The van der Waals surface area contributed by atoms with Crippen LogP contribution in [0, 0.1) is 5.82 Å². The van der Waals surface area contributed by atoms with Crippen LogP contribution >= 0.6 is 0 Å². The first-order chi connectivity index (χ1) is 11.0. The second kappa shape index (κ2) is 6.24. The molecule has 0 radical (unpaired) electrons. The molecule has 1 fully saturated rings. The second-order valence-electron chi connectivity index (χ2n) is 6.75. The van der Waals surface area contributed by atoms with Gasteiger partial charge in [-0.2, -0.15) is 0 Å². The molecule has 0 aliphatic heterocycles. The Kier molecular flexibility index (Phi) is 4.31. The molecule has 0 amide bonds. The van der Waals surface area contributed by atoms with Gasteiger partial charge in [-0.1, -0.05) is 60.7 Å². The monoisotopic (exact) mass is 324 g/mol. The molecule has 118 valence electrons. The molecule has 0 heterocycles. The van der Waals surface area contributed by atoms with E-state index in [0.717, 1.165) is 17.6 Å². The van der Waals surface area contributed by atoms with E-state index in [-0.39, 0.29) is 11.6 Å². The van der Waals surface area contributed by atoms with Crippen LogP contribution in [0.4, 0.5) is 4.39 Å². The lowest BCUT2D eigenvalue weighted by Crippen LogP contribution is -2.45. The summed E-state index contributed by atoms with van der Waals surface area (Å²) < 4.78 is 13.1. The quantitative estimate of drug-likeness (QED) is 0.597. The number of carbonyl (C=O) groups is 1. The Morgan fingerprint density at radius 2 is 1.70 bits per heavy atom. The Morgan fingerprint density at radius 3 is 2.35 bits per heavy atom. The van der Waals surface area contributed by atoms with Crippen molar-refractivity contribution in [2.75, 3.05) is 0 Å². The van der Waals surface area contributed by atoms with Crippen molar-refractivity contribution >= 4 is 25.1 Å². The molecule has 3 rings (SSSR count). The first-order valence-electron chi connectivity index (χ1n) is 8.04. The lowest BCUT2D eigenvalue weighted by Gasteiger charge is -2.30. The van der Waals surface area contributed by atoms with Crippen LogP contribution in [0.5, 0.6) is 0 Å². The smallest absolute Gasteiger partial charge is 0.158 e. The fraction of sp³-hybridized carbons (Fsp3) is 0.250. The average molecular weight is 324 g/mol. The highest BCUT2D eigenvalue weighted by atomic mass is 28.3. The molecule has 1 saturated carbocycles. The van der Waals surface area contributed by atoms with Gasteiger partial charge in [0, 0.05) is 6.42 Å². The van der Waals surface area contributed by atoms with Crippen molar-refractivity contribution in [1.29, 1.82) is 0 Å². The predicted molar refractivity (Wildman–Crippen MR) is 95.9 cm³/mol. The number of benzene rings is 2. The third-order valence-corrected chi connectivity index (χ3v) is 9.10. The maximum absolute atomic E-state index is 13.1. The Bertz CT molecular complexity index is 732. The van der Waals surface area contributed by atoms with E-state index in [1.807, 2.05) is 12.1 Å². The fourth-order valence-corrected chi connectivity index (χ4v) is 6.85. The Labute approximate surface area is 137 Å². The van der Waals surface area contributed by atoms with Crippen LogP contribution in [0.25, 0.3) is 6.08 Å². The van der Waals surface area contributed by atoms with Crippen molar-refractivity contribution in [1.82, 2.24) is 0 Å². The van der Waals surface area contributed by atoms with Crippen molar-refractivity contribution in [3.8, 4) is 0 Å². The van der Waals surface area contributed by atoms with Gasteiger partial charge in [0.2, 0.25) is 0 Å². The van der Waals surface area contributed by atoms with E-state index in [2.05, 4.69) is 37.4 Å². The molecule has 1 aliphatic carbocycles. The molecule has 0 bridgehead atoms. The number of Topliss-reactive ketones (excluding diaryl/α,β-unsaturated/α-hetero) is 1. The Hall–Kier alpha value is -2.00. The zero-order valence-electron chi connectivity index (χ0n) is 13.6. The summed E-state index contributed by atoms with van der Waals surface area (Å²) in [7, 11) is -1.78. The van der Waals surface area contributed by atoms with Crippen LogP contribution in [-0.4, -0.2) is 13.9 Å². The third kappa shape index (κ3) is 3.20. The minimum atomic E-state index is -1.78. The molecule has 23 heavy (non-hydrogen) atoms. The van der Waals surface area contributed by atoms with Crippen LogP contribution in [-0.2, 0) is 4.79 Å². The molecular weight excluding hydrogens is 303 g/mol. The first kappa shape index (κ1) is 15.9. The van der Waals surface area contributed by atoms with Crippen LogP contribution in [0.2, 0.25) is 18.6 Å². The van der Waals surface area contributed by atoms with E-state index >= 15 is 0 Å². The number of carbonyl (C=O) groups excluding carboxylic acids is 1. The third-order valence-electron chi connectivity index (χ3n) is 4.94. The SMILES string of the molecule is C[Si](C)(c1ccccc1)C1CCC(=O)C1=Cc1ccc(F)cc1. The van der Waals surface area contributed by atoms with Gasteiger partial charge >= 0.3 is 0 Å². The first-order valence-corrected chi connectivity index (χ1v) is 11.1. The maximum atomic E-state index is 13.1. The topological polar surface area (TPSA) is 17.1 Å². The van der Waals surface area contributed by atoms with E-state index in [1.54, 1.807) is 12.1 Å². The summed E-state index contributed by atoms with van der Waals surface area (Å²) in [6.45, 7) is 4.67. The van der Waals surface area contributed by atoms with Gasteiger partial charge in [-0.15, -0.1) is 0 Å². The Balaban J connectivity index is 1.98. The van der Waals surface area contributed by atoms with Gasteiger partial charge < -0.3 is 0 Å². The van der Waals surface area contributed by atoms with Crippen molar-refractivity contribution < 1.29 is 9.18 Å². The number of hydrogen-bond donors (Lipinski definition) is 0. The van der Waals surface area contributed by atoms with E-state index in [0.29, 0.717) is 12.0 Å². The molecule has 3 heteroatoms. The normalized spacial score (nSPS) is 20.2. The molecule has 2 aromatic carbocycles. The molecule has 1 atom stereocenters. The van der Waals surface area contributed by atoms with E-state index < -0.39 is 8.07 Å². The minimum absolute atomic E-state index is 0.246. The predicted octanol–water partition coefficient (Wildman–Crippen LogP) is 4.56. The van der Waals surface area contributed by atoms with Crippen LogP contribution < -0.4 is 5.19 Å². The largest absolute Gasteiger partial charge is 0.295 e. The molecule has 1 unspecified atom stereocenters. The van der Waals surface area contributed by atoms with E-state index in [9.17, 15) is 9.18 Å². The fourth-order valence-electron chi connectivity index (χ4n) is 3.51. The number of rotatable bonds is 3. The van der Waals surface area contributed by atoms with Gasteiger partial charge in [0.05, 0.1) is 8.07 Å². The van der Waals surface area contributed by atoms with Gasteiger partial charge in [0.1, 0.15) is 5.82 Å². The lowest BCUT2D eigenvalue weighted by molar-refractivity contribution is -0.114. The minimum Gasteiger partial charge on any atom is -0.295 e. The summed E-state index contributed by atoms with van der Waals surface area (Å²) >= 11 is 0. The zero-order valence-corrected chi connectivity index (χ0v) is 14.6. The molecule has 0 spiro atoms. The average Bonchev–Trinajstić information content (AvgIpc) is 2.92. The molecule has 1 aliphatic rings. The summed E-state index contributed by atoms with van der Waals surface area (Å²) in [4.78, 5) is 12.4. The van der Waals surface area contributed by atoms with Crippen LogP contribution in [0.1, 0.15) is 18.4 Å².